The minimum Gasteiger partial charge on any atom is -0.497 e. The molecule has 3 rings (SSSR count). The van der Waals surface area contributed by atoms with Crippen molar-refractivity contribution in [3.63, 3.8) is 0 Å². The van der Waals surface area contributed by atoms with Gasteiger partial charge in [-0.3, -0.25) is 0 Å². The summed E-state index contributed by atoms with van der Waals surface area (Å²) in [5.41, 5.74) is 6.26. The fourth-order valence-electron chi connectivity index (χ4n) is 3.67. The first kappa shape index (κ1) is 16.3. The summed E-state index contributed by atoms with van der Waals surface area (Å²) in [6.07, 6.45) is 2.08. The summed E-state index contributed by atoms with van der Waals surface area (Å²) in [6, 6.07) is 16.6. The summed E-state index contributed by atoms with van der Waals surface area (Å²) in [5.74, 6) is 0.864. The second-order valence-corrected chi connectivity index (χ2v) is 6.75. The van der Waals surface area contributed by atoms with E-state index in [0.29, 0.717) is 0 Å². The number of nitrogens with one attached hydrogen (secondary N) is 1. The molecule has 0 bridgehead atoms. The number of hydrogen-bond donors (Lipinski definition) is 1. The topological polar surface area (TPSA) is 24.3 Å². The SMILES string of the molecule is COc1ccc(NC=C(C)C2=[N+](C)c3ccccc3C2(C)C)cc1. The van der Waals surface area contributed by atoms with Gasteiger partial charge in [0.25, 0.3) is 0 Å². The molecule has 1 aliphatic heterocycles. The highest BCUT2D eigenvalue weighted by Crippen LogP contribution is 2.40. The maximum Gasteiger partial charge on any atom is 0.209 e. The van der Waals surface area contributed by atoms with Gasteiger partial charge in [-0.1, -0.05) is 18.2 Å². The van der Waals surface area contributed by atoms with Crippen molar-refractivity contribution in [2.45, 2.75) is 26.2 Å². The number of nitrogens with zero attached hydrogens (tertiary/aromatic N) is 1. The maximum atomic E-state index is 5.20. The van der Waals surface area contributed by atoms with Gasteiger partial charge in [0.2, 0.25) is 5.69 Å². The van der Waals surface area contributed by atoms with Crippen LogP contribution >= 0.6 is 0 Å². The Morgan fingerprint density at radius 1 is 1.08 bits per heavy atom. The van der Waals surface area contributed by atoms with E-state index >= 15 is 0 Å². The summed E-state index contributed by atoms with van der Waals surface area (Å²) in [4.78, 5) is 0. The summed E-state index contributed by atoms with van der Waals surface area (Å²) in [7, 11) is 3.83. The third-order valence-corrected chi connectivity index (χ3v) is 4.79. The fraction of sp³-hybridized carbons (Fsp3) is 0.286. The molecule has 0 radical (unpaired) electrons. The van der Waals surface area contributed by atoms with E-state index in [1.54, 1.807) is 7.11 Å². The van der Waals surface area contributed by atoms with Crippen LogP contribution in [0.25, 0.3) is 0 Å². The van der Waals surface area contributed by atoms with Gasteiger partial charge in [-0.05, 0) is 45.0 Å². The number of allylic oxidation sites excluding steroid dienone is 1. The van der Waals surface area contributed by atoms with Crippen molar-refractivity contribution in [1.82, 2.24) is 0 Å². The number of hydrogen-bond acceptors (Lipinski definition) is 2. The second kappa shape index (κ2) is 6.16. The first-order valence-corrected chi connectivity index (χ1v) is 8.23. The number of methoxy groups -OCH3 is 1. The molecule has 0 fully saturated rings. The zero-order chi connectivity index (χ0) is 17.3. The quantitative estimate of drug-likeness (QED) is 0.824. The summed E-state index contributed by atoms with van der Waals surface area (Å²) < 4.78 is 7.50. The molecule has 0 aromatic heterocycles. The monoisotopic (exact) mass is 321 g/mol. The van der Waals surface area contributed by atoms with Gasteiger partial charge in [0.05, 0.1) is 12.5 Å². The molecular formula is C21H25N2O+. The van der Waals surface area contributed by atoms with Crippen LogP contribution in [0, 0.1) is 0 Å². The van der Waals surface area contributed by atoms with E-state index in [0.717, 1.165) is 11.4 Å². The van der Waals surface area contributed by atoms with E-state index in [1.165, 1.54) is 22.5 Å². The maximum absolute atomic E-state index is 5.20. The van der Waals surface area contributed by atoms with Crippen molar-refractivity contribution in [2.75, 3.05) is 19.5 Å². The predicted octanol–water partition coefficient (Wildman–Crippen LogP) is 4.72. The third kappa shape index (κ3) is 2.71. The van der Waals surface area contributed by atoms with Crippen molar-refractivity contribution in [1.29, 1.82) is 0 Å². The number of fused-ring (bicyclic) bond motifs is 1. The number of para-hydroxylation sites is 1. The highest BCUT2D eigenvalue weighted by molar-refractivity contribution is 6.06. The molecule has 1 heterocycles. The lowest BCUT2D eigenvalue weighted by molar-refractivity contribution is -0.402. The molecule has 2 aromatic carbocycles. The lowest BCUT2D eigenvalue weighted by Gasteiger charge is -2.18. The molecule has 1 N–H and O–H groups in total. The van der Waals surface area contributed by atoms with Gasteiger partial charge < -0.3 is 10.1 Å². The molecule has 3 heteroatoms. The fourth-order valence-corrected chi connectivity index (χ4v) is 3.67. The molecule has 2 aromatic rings. The van der Waals surface area contributed by atoms with Crippen LogP contribution in [-0.2, 0) is 5.41 Å². The van der Waals surface area contributed by atoms with E-state index < -0.39 is 0 Å². The van der Waals surface area contributed by atoms with Crippen molar-refractivity contribution in [3.05, 3.63) is 65.9 Å². The molecule has 0 saturated carbocycles. The highest BCUT2D eigenvalue weighted by Gasteiger charge is 2.44. The molecule has 1 aliphatic rings. The number of ether oxygens (including phenoxy) is 1. The highest BCUT2D eigenvalue weighted by atomic mass is 16.5. The van der Waals surface area contributed by atoms with Crippen LogP contribution in [0.15, 0.2) is 60.3 Å². The Morgan fingerprint density at radius 2 is 1.75 bits per heavy atom. The molecule has 0 amide bonds. The van der Waals surface area contributed by atoms with Gasteiger partial charge in [0, 0.05) is 29.1 Å². The molecule has 0 atom stereocenters. The van der Waals surface area contributed by atoms with Crippen LogP contribution < -0.4 is 10.1 Å². The first-order valence-electron chi connectivity index (χ1n) is 8.23. The third-order valence-electron chi connectivity index (χ3n) is 4.79. The van der Waals surface area contributed by atoms with Crippen molar-refractivity contribution in [3.8, 4) is 5.75 Å². The zero-order valence-electron chi connectivity index (χ0n) is 15.1. The average molecular weight is 321 g/mol. The smallest absolute Gasteiger partial charge is 0.209 e. The Bertz CT molecular complexity index is 814. The van der Waals surface area contributed by atoms with Gasteiger partial charge in [-0.2, -0.15) is 4.58 Å². The molecule has 0 aliphatic carbocycles. The van der Waals surface area contributed by atoms with E-state index in [1.807, 2.05) is 24.3 Å². The Morgan fingerprint density at radius 3 is 2.38 bits per heavy atom. The average Bonchev–Trinajstić information content (AvgIpc) is 2.80. The standard InChI is InChI=1S/C21H24N2O/c1-15(14-22-16-10-12-17(24-5)13-11-16)20-21(2,3)18-8-6-7-9-19(18)23(20)4/h6-14H,1-5H3/p+1. The molecule has 3 nitrogen and oxygen atoms in total. The van der Waals surface area contributed by atoms with E-state index in [-0.39, 0.29) is 5.41 Å². The summed E-state index contributed by atoms with van der Waals surface area (Å²) in [6.45, 7) is 6.74. The van der Waals surface area contributed by atoms with Crippen molar-refractivity contribution < 1.29 is 9.31 Å². The first-order chi connectivity index (χ1) is 11.4. The summed E-state index contributed by atoms with van der Waals surface area (Å²) in [5, 5.41) is 3.39. The normalized spacial score (nSPS) is 16.1. The molecule has 0 saturated heterocycles. The Hall–Kier alpha value is -2.55. The summed E-state index contributed by atoms with van der Waals surface area (Å²) >= 11 is 0. The van der Waals surface area contributed by atoms with Crippen LogP contribution in [-0.4, -0.2) is 24.4 Å². The Balaban J connectivity index is 1.89. The molecule has 0 spiro atoms. The van der Waals surface area contributed by atoms with Crippen molar-refractivity contribution >= 4 is 17.1 Å². The van der Waals surface area contributed by atoms with Crippen LogP contribution in [0.2, 0.25) is 0 Å². The van der Waals surface area contributed by atoms with E-state index in [2.05, 4.69) is 68.2 Å². The van der Waals surface area contributed by atoms with Gasteiger partial charge in [-0.15, -0.1) is 0 Å². The van der Waals surface area contributed by atoms with Gasteiger partial charge >= 0.3 is 0 Å². The van der Waals surface area contributed by atoms with Gasteiger partial charge in [0.15, 0.2) is 5.71 Å². The lowest BCUT2D eigenvalue weighted by Crippen LogP contribution is -2.29. The molecule has 124 valence electrons. The molecule has 0 unspecified atom stereocenters. The van der Waals surface area contributed by atoms with E-state index in [9.17, 15) is 0 Å². The van der Waals surface area contributed by atoms with Gasteiger partial charge in [0.1, 0.15) is 12.8 Å². The largest absolute Gasteiger partial charge is 0.497 e. The number of benzene rings is 2. The second-order valence-electron chi connectivity index (χ2n) is 6.75. The number of anilines is 1. The minimum absolute atomic E-state index is 0.00643. The van der Waals surface area contributed by atoms with Crippen molar-refractivity contribution in [2.24, 2.45) is 0 Å². The Kier molecular flexibility index (Phi) is 4.18. The van der Waals surface area contributed by atoms with Gasteiger partial charge in [-0.25, -0.2) is 0 Å². The van der Waals surface area contributed by atoms with Crippen LogP contribution in [0.5, 0.6) is 5.75 Å². The van der Waals surface area contributed by atoms with E-state index in [4.69, 9.17) is 4.74 Å². The zero-order valence-corrected chi connectivity index (χ0v) is 15.1. The Labute approximate surface area is 144 Å². The predicted molar refractivity (Wildman–Crippen MR) is 101 cm³/mol. The van der Waals surface area contributed by atoms with Crippen LogP contribution in [0.4, 0.5) is 11.4 Å². The van der Waals surface area contributed by atoms with Crippen LogP contribution in [0.3, 0.4) is 0 Å². The number of rotatable bonds is 4. The molecule has 24 heavy (non-hydrogen) atoms. The van der Waals surface area contributed by atoms with Crippen LogP contribution in [0.1, 0.15) is 26.3 Å². The minimum atomic E-state index is -0.00643. The lowest BCUT2D eigenvalue weighted by atomic mass is 9.79. The molecular weight excluding hydrogens is 296 g/mol.